The fraction of sp³-hybridized carbons (Fsp3) is 0.885. The van der Waals surface area contributed by atoms with Gasteiger partial charge in [-0.1, -0.05) is 32.4 Å². The molecule has 6 nitrogen and oxygen atoms in total. The lowest BCUT2D eigenvalue weighted by molar-refractivity contribution is -0.164. The van der Waals surface area contributed by atoms with Gasteiger partial charge in [0.15, 0.2) is 6.29 Å². The first-order valence-electron chi connectivity index (χ1n) is 12.4. The molecule has 5 rings (SSSR count). The molecule has 11 atom stereocenters. The highest BCUT2D eigenvalue weighted by Crippen LogP contribution is 2.69. The molecule has 0 amide bonds. The maximum Gasteiger partial charge on any atom is 0.303 e. The van der Waals surface area contributed by atoms with Crippen LogP contribution in [0.5, 0.6) is 0 Å². The van der Waals surface area contributed by atoms with Crippen molar-refractivity contribution < 1.29 is 28.8 Å². The Bertz CT molecular complexity index is 791. The molecule has 0 aromatic carbocycles. The van der Waals surface area contributed by atoms with Crippen LogP contribution in [0.2, 0.25) is 0 Å². The van der Waals surface area contributed by atoms with Crippen LogP contribution in [0.4, 0.5) is 0 Å². The van der Waals surface area contributed by atoms with Crippen molar-refractivity contribution in [3.05, 3.63) is 11.6 Å². The molecule has 5 unspecified atom stereocenters. The summed E-state index contributed by atoms with van der Waals surface area (Å²) < 4.78 is 23.0. The molecule has 0 aromatic rings. The van der Waals surface area contributed by atoms with Gasteiger partial charge in [-0.15, -0.1) is 0 Å². The Balaban J connectivity index is 1.44. The van der Waals surface area contributed by atoms with E-state index in [0.717, 1.165) is 25.7 Å². The molecule has 5 aliphatic rings. The summed E-state index contributed by atoms with van der Waals surface area (Å²) in [7, 11) is 3.46. The standard InChI is InChI=1S/C26H40O6/c1-13(24(29-5)30-6)16-7-8-17-21-18(9-10-25(16,17)3)26(4)15(11-19(21)28)12-20(31-14(2)27)22-23(26)32-22/h11,13,16-24,28H,7-10,12H2,1-6H3/t13?,16-,17+,18+,19?,20?,21+,22?,23?,25-,26+/m1/s1. The molecule has 180 valence electrons. The first-order valence-corrected chi connectivity index (χ1v) is 12.4. The van der Waals surface area contributed by atoms with Gasteiger partial charge in [-0.25, -0.2) is 0 Å². The number of ether oxygens (including phenoxy) is 4. The summed E-state index contributed by atoms with van der Waals surface area (Å²) in [4.78, 5) is 11.6. The van der Waals surface area contributed by atoms with Crippen LogP contribution in [-0.4, -0.2) is 56.0 Å². The molecular weight excluding hydrogens is 408 g/mol. The number of aliphatic hydroxyl groups is 1. The summed E-state index contributed by atoms with van der Waals surface area (Å²) in [6, 6.07) is 0. The topological polar surface area (TPSA) is 77.5 Å². The molecule has 3 saturated carbocycles. The minimum absolute atomic E-state index is 0.00534. The molecule has 1 saturated heterocycles. The number of methoxy groups -OCH3 is 2. The van der Waals surface area contributed by atoms with Crippen LogP contribution < -0.4 is 0 Å². The third kappa shape index (κ3) is 3.09. The monoisotopic (exact) mass is 448 g/mol. The molecule has 32 heavy (non-hydrogen) atoms. The van der Waals surface area contributed by atoms with Crippen LogP contribution >= 0.6 is 0 Å². The van der Waals surface area contributed by atoms with Gasteiger partial charge in [0.05, 0.1) is 12.2 Å². The summed E-state index contributed by atoms with van der Waals surface area (Å²) in [6.07, 6.45) is 6.60. The van der Waals surface area contributed by atoms with E-state index in [2.05, 4.69) is 26.8 Å². The first-order chi connectivity index (χ1) is 15.2. The Kier molecular flexibility index (Phi) is 5.56. The van der Waals surface area contributed by atoms with Crippen molar-refractivity contribution in [1.82, 2.24) is 0 Å². The smallest absolute Gasteiger partial charge is 0.303 e. The van der Waals surface area contributed by atoms with Crippen LogP contribution in [0.1, 0.15) is 59.8 Å². The highest BCUT2D eigenvalue weighted by atomic mass is 16.7. The average Bonchev–Trinajstić information content (AvgIpc) is 3.47. The zero-order valence-electron chi connectivity index (χ0n) is 20.4. The third-order valence-electron chi connectivity index (χ3n) is 10.4. The SMILES string of the molecule is COC(OC)C(C)[C@H]1CC[C@H]2[C@@H]3C(O)C=C4CC(OC(C)=O)C5OC5[C@]4(C)[C@H]3CC[C@]12C. The normalized spacial score (nSPS) is 49.9. The van der Waals surface area contributed by atoms with Crippen molar-refractivity contribution in [2.24, 2.45) is 40.4 Å². The van der Waals surface area contributed by atoms with E-state index in [1.165, 1.54) is 12.5 Å². The van der Waals surface area contributed by atoms with Crippen molar-refractivity contribution in [3.8, 4) is 0 Å². The molecule has 0 spiro atoms. The maximum atomic E-state index is 11.6. The summed E-state index contributed by atoms with van der Waals surface area (Å²) in [5.74, 6) is 1.71. The Morgan fingerprint density at radius 1 is 1.19 bits per heavy atom. The first kappa shape index (κ1) is 22.8. The molecule has 0 bridgehead atoms. The Hall–Kier alpha value is -0.950. The minimum atomic E-state index is -0.448. The lowest BCUT2D eigenvalue weighted by Crippen LogP contribution is -2.57. The Morgan fingerprint density at radius 3 is 2.56 bits per heavy atom. The number of fused-ring (bicyclic) bond motifs is 7. The molecule has 1 N–H and O–H groups in total. The molecule has 1 heterocycles. The number of esters is 1. The Morgan fingerprint density at radius 2 is 1.91 bits per heavy atom. The van der Waals surface area contributed by atoms with Gasteiger partial charge in [-0.05, 0) is 54.8 Å². The number of carbonyl (C=O) groups excluding carboxylic acids is 1. The van der Waals surface area contributed by atoms with Crippen LogP contribution in [0.3, 0.4) is 0 Å². The van der Waals surface area contributed by atoms with E-state index in [-0.39, 0.29) is 47.3 Å². The van der Waals surface area contributed by atoms with Gasteiger partial charge in [-0.3, -0.25) is 4.79 Å². The van der Waals surface area contributed by atoms with E-state index in [1.807, 2.05) is 0 Å². The number of rotatable bonds is 5. The summed E-state index contributed by atoms with van der Waals surface area (Å²) in [5, 5.41) is 11.4. The quantitative estimate of drug-likeness (QED) is 0.299. The fourth-order valence-electron chi connectivity index (χ4n) is 8.95. The summed E-state index contributed by atoms with van der Waals surface area (Å²) >= 11 is 0. The fourth-order valence-corrected chi connectivity index (χ4v) is 8.95. The van der Waals surface area contributed by atoms with Crippen molar-refractivity contribution >= 4 is 5.97 Å². The van der Waals surface area contributed by atoms with Gasteiger partial charge in [-0.2, -0.15) is 0 Å². The number of aliphatic hydroxyl groups excluding tert-OH is 1. The zero-order valence-corrected chi connectivity index (χ0v) is 20.4. The minimum Gasteiger partial charge on any atom is -0.459 e. The lowest BCUT2D eigenvalue weighted by Gasteiger charge is -2.58. The molecule has 4 fully saturated rings. The van der Waals surface area contributed by atoms with Crippen LogP contribution in [0.15, 0.2) is 11.6 Å². The predicted octanol–water partition coefficient (Wildman–Crippen LogP) is 3.71. The van der Waals surface area contributed by atoms with Gasteiger partial charge in [0.2, 0.25) is 0 Å². The molecule has 6 heteroatoms. The number of carbonyl (C=O) groups is 1. The van der Waals surface area contributed by atoms with E-state index >= 15 is 0 Å². The van der Waals surface area contributed by atoms with E-state index in [0.29, 0.717) is 30.1 Å². The lowest BCUT2D eigenvalue weighted by atomic mass is 9.46. The molecule has 0 aromatic heterocycles. The van der Waals surface area contributed by atoms with Gasteiger partial charge in [0, 0.05) is 38.9 Å². The van der Waals surface area contributed by atoms with Crippen molar-refractivity contribution in [3.63, 3.8) is 0 Å². The van der Waals surface area contributed by atoms with E-state index < -0.39 is 6.10 Å². The highest BCUT2D eigenvalue weighted by molar-refractivity contribution is 5.66. The maximum absolute atomic E-state index is 11.6. The largest absolute Gasteiger partial charge is 0.459 e. The zero-order chi connectivity index (χ0) is 23.0. The van der Waals surface area contributed by atoms with Crippen molar-refractivity contribution in [1.29, 1.82) is 0 Å². The van der Waals surface area contributed by atoms with E-state index in [4.69, 9.17) is 18.9 Å². The third-order valence-corrected chi connectivity index (χ3v) is 10.4. The van der Waals surface area contributed by atoms with Crippen LogP contribution in [-0.2, 0) is 23.7 Å². The van der Waals surface area contributed by atoms with E-state index in [1.54, 1.807) is 14.2 Å². The Labute approximate surface area is 192 Å². The average molecular weight is 449 g/mol. The number of epoxide rings is 1. The van der Waals surface area contributed by atoms with Crippen molar-refractivity contribution in [2.75, 3.05) is 14.2 Å². The second-order valence-corrected chi connectivity index (χ2v) is 11.6. The second kappa shape index (κ2) is 7.79. The highest BCUT2D eigenvalue weighted by Gasteiger charge is 2.69. The molecular formula is C26H40O6. The molecule has 0 radical (unpaired) electrons. The summed E-state index contributed by atoms with van der Waals surface area (Å²) in [5.41, 5.74) is 1.34. The summed E-state index contributed by atoms with van der Waals surface area (Å²) in [6.45, 7) is 8.52. The van der Waals surface area contributed by atoms with E-state index in [9.17, 15) is 9.90 Å². The van der Waals surface area contributed by atoms with Gasteiger partial charge in [0.1, 0.15) is 12.2 Å². The molecule has 4 aliphatic carbocycles. The van der Waals surface area contributed by atoms with Gasteiger partial charge < -0.3 is 24.1 Å². The molecule has 1 aliphatic heterocycles. The second-order valence-electron chi connectivity index (χ2n) is 11.6. The van der Waals surface area contributed by atoms with Gasteiger partial charge >= 0.3 is 5.97 Å². The predicted molar refractivity (Wildman–Crippen MR) is 119 cm³/mol. The van der Waals surface area contributed by atoms with Gasteiger partial charge in [0.25, 0.3) is 0 Å². The number of hydrogen-bond donors (Lipinski definition) is 1. The van der Waals surface area contributed by atoms with Crippen LogP contribution in [0.25, 0.3) is 0 Å². The van der Waals surface area contributed by atoms with Crippen molar-refractivity contribution in [2.45, 2.75) is 90.5 Å². The number of hydrogen-bond acceptors (Lipinski definition) is 6. The van der Waals surface area contributed by atoms with Crippen LogP contribution in [0, 0.1) is 40.4 Å².